The highest BCUT2D eigenvalue weighted by atomic mass is 16.3. The van der Waals surface area contributed by atoms with Gasteiger partial charge in [-0.3, -0.25) is 5.41 Å². The van der Waals surface area contributed by atoms with Crippen molar-refractivity contribution in [3.8, 4) is 0 Å². The zero-order chi connectivity index (χ0) is 9.19. The summed E-state index contributed by atoms with van der Waals surface area (Å²) in [6.45, 7) is 3.34. The standard InChI is InChI=1S/C8H17N3O/c1-8(12)3-2-5-11(6-4-8)7(9)10/h12H,2-6H2,1H3,(H3,9,10). The van der Waals surface area contributed by atoms with Crippen molar-refractivity contribution < 1.29 is 5.11 Å². The predicted molar refractivity (Wildman–Crippen MR) is 48.0 cm³/mol. The minimum absolute atomic E-state index is 0.118. The maximum absolute atomic E-state index is 9.72. The van der Waals surface area contributed by atoms with E-state index in [9.17, 15) is 5.11 Å². The van der Waals surface area contributed by atoms with E-state index in [1.807, 2.05) is 11.8 Å². The molecule has 4 nitrogen and oxygen atoms in total. The second-order valence-electron chi connectivity index (χ2n) is 3.72. The van der Waals surface area contributed by atoms with Gasteiger partial charge in [0.15, 0.2) is 5.96 Å². The minimum atomic E-state index is -0.565. The minimum Gasteiger partial charge on any atom is -0.390 e. The zero-order valence-electron chi connectivity index (χ0n) is 7.51. The average Bonchev–Trinajstić information content (AvgIpc) is 2.10. The van der Waals surface area contributed by atoms with Gasteiger partial charge in [0.1, 0.15) is 0 Å². The molecular weight excluding hydrogens is 154 g/mol. The van der Waals surface area contributed by atoms with Gasteiger partial charge >= 0.3 is 0 Å². The normalized spacial score (nSPS) is 31.3. The Balaban J connectivity index is 2.50. The third-order valence-electron chi connectivity index (χ3n) is 2.40. The molecule has 1 fully saturated rings. The molecule has 1 rings (SSSR count). The van der Waals surface area contributed by atoms with Crippen LogP contribution in [-0.2, 0) is 0 Å². The quantitative estimate of drug-likeness (QED) is 0.358. The molecule has 1 unspecified atom stereocenters. The molecule has 0 aromatic heterocycles. The fourth-order valence-electron chi connectivity index (χ4n) is 1.50. The van der Waals surface area contributed by atoms with Crippen LogP contribution in [0, 0.1) is 5.41 Å². The molecule has 0 bridgehead atoms. The van der Waals surface area contributed by atoms with Crippen LogP contribution in [0.4, 0.5) is 0 Å². The van der Waals surface area contributed by atoms with Crippen molar-refractivity contribution in [1.29, 1.82) is 5.41 Å². The number of hydrogen-bond acceptors (Lipinski definition) is 2. The highest BCUT2D eigenvalue weighted by molar-refractivity contribution is 5.74. The van der Waals surface area contributed by atoms with E-state index in [0.29, 0.717) is 13.0 Å². The van der Waals surface area contributed by atoms with E-state index in [1.165, 1.54) is 0 Å². The average molecular weight is 171 g/mol. The van der Waals surface area contributed by atoms with Crippen LogP contribution in [0.1, 0.15) is 26.2 Å². The number of guanidine groups is 1. The Morgan fingerprint density at radius 2 is 2.17 bits per heavy atom. The lowest BCUT2D eigenvalue weighted by Gasteiger charge is -2.22. The van der Waals surface area contributed by atoms with Crippen molar-refractivity contribution in [2.24, 2.45) is 5.73 Å². The molecule has 1 heterocycles. The third kappa shape index (κ3) is 2.37. The highest BCUT2D eigenvalue weighted by Gasteiger charge is 2.25. The summed E-state index contributed by atoms with van der Waals surface area (Å²) in [4.78, 5) is 1.81. The van der Waals surface area contributed by atoms with E-state index >= 15 is 0 Å². The summed E-state index contributed by atoms with van der Waals surface area (Å²) in [6, 6.07) is 0. The molecule has 4 N–H and O–H groups in total. The van der Waals surface area contributed by atoms with Crippen LogP contribution < -0.4 is 5.73 Å². The van der Waals surface area contributed by atoms with Crippen molar-refractivity contribution in [1.82, 2.24) is 4.90 Å². The molecule has 4 heteroatoms. The first-order chi connectivity index (χ1) is 5.51. The molecule has 1 atom stereocenters. The highest BCUT2D eigenvalue weighted by Crippen LogP contribution is 2.20. The number of nitrogens with zero attached hydrogens (tertiary/aromatic N) is 1. The van der Waals surface area contributed by atoms with Crippen LogP contribution in [0.25, 0.3) is 0 Å². The van der Waals surface area contributed by atoms with Gasteiger partial charge in [-0.25, -0.2) is 0 Å². The first-order valence-corrected chi connectivity index (χ1v) is 4.33. The Hall–Kier alpha value is -0.770. The number of hydrogen-bond donors (Lipinski definition) is 3. The van der Waals surface area contributed by atoms with Gasteiger partial charge in [-0.1, -0.05) is 0 Å². The van der Waals surface area contributed by atoms with Gasteiger partial charge in [0.25, 0.3) is 0 Å². The van der Waals surface area contributed by atoms with E-state index < -0.39 is 5.60 Å². The number of aliphatic hydroxyl groups is 1. The summed E-state index contributed by atoms with van der Waals surface area (Å²) in [5, 5.41) is 17.0. The molecule has 0 spiro atoms. The van der Waals surface area contributed by atoms with Crippen molar-refractivity contribution in [3.63, 3.8) is 0 Å². The Morgan fingerprint density at radius 3 is 2.75 bits per heavy atom. The van der Waals surface area contributed by atoms with Crippen LogP contribution in [0.3, 0.4) is 0 Å². The summed E-state index contributed by atoms with van der Waals surface area (Å²) in [7, 11) is 0. The maximum Gasteiger partial charge on any atom is 0.188 e. The molecule has 0 saturated carbocycles. The zero-order valence-corrected chi connectivity index (χ0v) is 7.51. The molecule has 1 aliphatic rings. The maximum atomic E-state index is 9.72. The summed E-state index contributed by atoms with van der Waals surface area (Å²) >= 11 is 0. The number of likely N-dealkylation sites (tertiary alicyclic amines) is 1. The Labute approximate surface area is 72.9 Å². The predicted octanol–water partition coefficient (Wildman–Crippen LogP) is 0.117. The molecule has 0 aromatic rings. The fourth-order valence-corrected chi connectivity index (χ4v) is 1.50. The summed E-state index contributed by atoms with van der Waals surface area (Å²) in [5.74, 6) is 0.118. The van der Waals surface area contributed by atoms with Crippen molar-refractivity contribution in [2.45, 2.75) is 31.8 Å². The van der Waals surface area contributed by atoms with E-state index in [-0.39, 0.29) is 5.96 Å². The molecule has 0 aromatic carbocycles. The van der Waals surface area contributed by atoms with E-state index in [0.717, 1.165) is 19.4 Å². The fraction of sp³-hybridized carbons (Fsp3) is 0.875. The van der Waals surface area contributed by atoms with Gasteiger partial charge in [-0.15, -0.1) is 0 Å². The van der Waals surface area contributed by atoms with Gasteiger partial charge in [0, 0.05) is 13.1 Å². The van der Waals surface area contributed by atoms with Crippen LogP contribution in [0.15, 0.2) is 0 Å². The molecule has 12 heavy (non-hydrogen) atoms. The Kier molecular flexibility index (Phi) is 2.57. The molecule has 1 aliphatic heterocycles. The Morgan fingerprint density at radius 1 is 1.50 bits per heavy atom. The van der Waals surface area contributed by atoms with Gasteiger partial charge < -0.3 is 15.7 Å². The van der Waals surface area contributed by atoms with Crippen molar-refractivity contribution >= 4 is 5.96 Å². The van der Waals surface area contributed by atoms with Crippen LogP contribution in [0.2, 0.25) is 0 Å². The van der Waals surface area contributed by atoms with E-state index in [1.54, 1.807) is 0 Å². The monoisotopic (exact) mass is 171 g/mol. The summed E-state index contributed by atoms with van der Waals surface area (Å²) in [5.41, 5.74) is 4.79. The van der Waals surface area contributed by atoms with Crippen LogP contribution >= 0.6 is 0 Å². The van der Waals surface area contributed by atoms with Gasteiger partial charge in [0.2, 0.25) is 0 Å². The second-order valence-corrected chi connectivity index (χ2v) is 3.72. The third-order valence-corrected chi connectivity index (χ3v) is 2.40. The smallest absolute Gasteiger partial charge is 0.188 e. The molecule has 0 amide bonds. The molecule has 70 valence electrons. The van der Waals surface area contributed by atoms with Crippen molar-refractivity contribution in [2.75, 3.05) is 13.1 Å². The lowest BCUT2D eigenvalue weighted by molar-refractivity contribution is 0.0462. The second kappa shape index (κ2) is 3.31. The number of rotatable bonds is 0. The van der Waals surface area contributed by atoms with E-state index in [2.05, 4.69) is 0 Å². The summed E-state index contributed by atoms with van der Waals surface area (Å²) < 4.78 is 0. The first kappa shape index (κ1) is 9.32. The van der Waals surface area contributed by atoms with Crippen LogP contribution in [-0.4, -0.2) is 34.7 Å². The molecule has 1 saturated heterocycles. The number of nitrogens with two attached hydrogens (primary N) is 1. The van der Waals surface area contributed by atoms with Gasteiger partial charge in [0.05, 0.1) is 5.60 Å². The number of nitrogens with one attached hydrogen (secondary N) is 1. The molecule has 0 aliphatic carbocycles. The first-order valence-electron chi connectivity index (χ1n) is 4.33. The lowest BCUT2D eigenvalue weighted by Crippen LogP contribution is -2.37. The molecule has 0 radical (unpaired) electrons. The summed E-state index contributed by atoms with van der Waals surface area (Å²) in [6.07, 6.45) is 2.41. The molecular formula is C8H17N3O. The van der Waals surface area contributed by atoms with E-state index in [4.69, 9.17) is 11.1 Å². The van der Waals surface area contributed by atoms with Crippen LogP contribution in [0.5, 0.6) is 0 Å². The SMILES string of the molecule is CC1(O)CCCN(C(=N)N)CC1. The Bertz CT molecular complexity index is 179. The van der Waals surface area contributed by atoms with Gasteiger partial charge in [-0.05, 0) is 26.2 Å². The lowest BCUT2D eigenvalue weighted by atomic mass is 9.98. The van der Waals surface area contributed by atoms with Gasteiger partial charge in [-0.2, -0.15) is 0 Å². The largest absolute Gasteiger partial charge is 0.390 e. The van der Waals surface area contributed by atoms with Crippen molar-refractivity contribution in [3.05, 3.63) is 0 Å². The topological polar surface area (TPSA) is 73.3 Å².